The van der Waals surface area contributed by atoms with Crippen molar-refractivity contribution in [2.75, 3.05) is 6.54 Å². The number of nitrogens with one attached hydrogen (secondary N) is 1. The minimum absolute atomic E-state index is 0.116. The fourth-order valence-electron chi connectivity index (χ4n) is 4.00. The number of aromatic nitrogens is 2. The van der Waals surface area contributed by atoms with Gasteiger partial charge in [0.1, 0.15) is 11.6 Å². The smallest absolute Gasteiger partial charge is 0.276 e. The number of benzene rings is 1. The van der Waals surface area contributed by atoms with E-state index < -0.39 is 6.04 Å². The number of carbonyl (C=O) groups excluding carboxylic acids is 1. The van der Waals surface area contributed by atoms with E-state index in [0.717, 1.165) is 30.3 Å². The summed E-state index contributed by atoms with van der Waals surface area (Å²) in [7, 11) is 0. The number of para-hydroxylation sites is 2. The Hall–Kier alpha value is -2.82. The summed E-state index contributed by atoms with van der Waals surface area (Å²) >= 11 is 0. The fourth-order valence-corrected chi connectivity index (χ4v) is 4.00. The summed E-state index contributed by atoms with van der Waals surface area (Å²) in [6, 6.07) is 10.8. The van der Waals surface area contributed by atoms with E-state index in [1.807, 2.05) is 40.9 Å². The van der Waals surface area contributed by atoms with Crippen molar-refractivity contribution in [3.63, 3.8) is 0 Å². The first-order valence-corrected chi connectivity index (χ1v) is 9.73. The van der Waals surface area contributed by atoms with Gasteiger partial charge in [0.15, 0.2) is 0 Å². The molecule has 1 atom stereocenters. The van der Waals surface area contributed by atoms with Gasteiger partial charge in [0.05, 0.1) is 11.0 Å². The Labute approximate surface area is 158 Å². The molecule has 140 valence electrons. The van der Waals surface area contributed by atoms with Gasteiger partial charge in [-0.05, 0) is 63.3 Å². The molecule has 0 aliphatic heterocycles. The van der Waals surface area contributed by atoms with Crippen LogP contribution in [0.3, 0.4) is 0 Å². The summed E-state index contributed by atoms with van der Waals surface area (Å²) < 4.78 is 3.49. The largest absolute Gasteiger partial charge is 0.354 e. The second-order valence-electron chi connectivity index (χ2n) is 7.25. The summed E-state index contributed by atoms with van der Waals surface area (Å²) in [5, 5.41) is 3.02. The predicted molar refractivity (Wildman–Crippen MR) is 108 cm³/mol. The zero-order chi connectivity index (χ0) is 18.8. The second kappa shape index (κ2) is 7.43. The highest BCUT2D eigenvalue weighted by molar-refractivity contribution is 5.85. The van der Waals surface area contributed by atoms with Crippen molar-refractivity contribution in [3.05, 3.63) is 64.6 Å². The highest BCUT2D eigenvalue weighted by atomic mass is 16.2. The van der Waals surface area contributed by atoms with Crippen molar-refractivity contribution in [1.29, 1.82) is 0 Å². The van der Waals surface area contributed by atoms with Gasteiger partial charge in [0, 0.05) is 12.7 Å². The van der Waals surface area contributed by atoms with Gasteiger partial charge in [-0.2, -0.15) is 0 Å². The van der Waals surface area contributed by atoms with Crippen LogP contribution in [-0.2, 0) is 4.79 Å². The van der Waals surface area contributed by atoms with Crippen molar-refractivity contribution in [1.82, 2.24) is 14.3 Å². The van der Waals surface area contributed by atoms with E-state index in [0.29, 0.717) is 12.1 Å². The molecule has 4 rings (SSSR count). The maximum Gasteiger partial charge on any atom is 0.276 e. The fraction of sp³-hybridized carbons (Fsp3) is 0.364. The summed E-state index contributed by atoms with van der Waals surface area (Å²) in [6.07, 6.45) is 9.88. The van der Waals surface area contributed by atoms with Crippen LogP contribution >= 0.6 is 0 Å². The first-order chi connectivity index (χ1) is 13.2. The molecule has 1 aromatic carbocycles. The molecule has 2 aromatic heterocycles. The van der Waals surface area contributed by atoms with Crippen LogP contribution in [0, 0.1) is 0 Å². The number of amides is 1. The van der Waals surface area contributed by atoms with Crippen molar-refractivity contribution in [2.24, 2.45) is 0 Å². The summed E-state index contributed by atoms with van der Waals surface area (Å²) in [6.45, 7) is 2.41. The van der Waals surface area contributed by atoms with Gasteiger partial charge >= 0.3 is 0 Å². The number of hydrogen-bond acceptors (Lipinski definition) is 2. The van der Waals surface area contributed by atoms with Gasteiger partial charge < -0.3 is 9.72 Å². The number of hydrogen-bond donors (Lipinski definition) is 1. The zero-order valence-corrected chi connectivity index (χ0v) is 15.6. The molecule has 0 saturated heterocycles. The van der Waals surface area contributed by atoms with Crippen LogP contribution in [-0.4, -0.2) is 21.4 Å². The topological polar surface area (TPSA) is 55.5 Å². The first kappa shape index (κ1) is 17.6. The molecule has 2 heterocycles. The molecule has 1 amide bonds. The van der Waals surface area contributed by atoms with Crippen LogP contribution in [0.5, 0.6) is 0 Å². The predicted octanol–water partition coefficient (Wildman–Crippen LogP) is 3.82. The quantitative estimate of drug-likeness (QED) is 0.701. The van der Waals surface area contributed by atoms with Crippen LogP contribution < -0.4 is 10.9 Å². The zero-order valence-electron chi connectivity index (χ0n) is 15.6. The molecule has 5 nitrogen and oxygen atoms in total. The van der Waals surface area contributed by atoms with Gasteiger partial charge in [0.2, 0.25) is 5.91 Å². The Bertz CT molecular complexity index is 1070. The minimum atomic E-state index is -0.567. The average molecular weight is 363 g/mol. The van der Waals surface area contributed by atoms with E-state index in [1.165, 1.54) is 18.4 Å². The third kappa shape index (κ3) is 3.29. The maximum atomic E-state index is 13.0. The first-order valence-electron chi connectivity index (χ1n) is 9.73. The molecule has 0 radical (unpaired) electrons. The molecule has 1 unspecified atom stereocenters. The molecule has 27 heavy (non-hydrogen) atoms. The highest BCUT2D eigenvalue weighted by Gasteiger charge is 2.20. The lowest BCUT2D eigenvalue weighted by atomic mass is 9.97. The van der Waals surface area contributed by atoms with Crippen LogP contribution in [0.2, 0.25) is 0 Å². The number of carbonyl (C=O) groups is 1. The second-order valence-corrected chi connectivity index (χ2v) is 7.25. The normalized spacial score (nSPS) is 15.7. The standard InChI is InChI=1S/C22H25N3O2/c1-16(21(26)23-14-13-17-8-3-2-4-9-17)25-19-11-6-5-10-18(19)24-15-7-12-20(24)22(25)27/h5-8,10-12,15-16H,2-4,9,13-14H2,1H3,(H,23,26). The molecule has 5 heteroatoms. The molecule has 0 bridgehead atoms. The third-order valence-electron chi connectivity index (χ3n) is 5.48. The van der Waals surface area contributed by atoms with Crippen LogP contribution in [0.1, 0.15) is 45.1 Å². The van der Waals surface area contributed by atoms with Crippen LogP contribution in [0.4, 0.5) is 0 Å². The summed E-state index contributed by atoms with van der Waals surface area (Å²) in [5.41, 5.74) is 3.57. The molecule has 0 spiro atoms. The third-order valence-corrected chi connectivity index (χ3v) is 5.48. The van der Waals surface area contributed by atoms with Crippen LogP contribution in [0.25, 0.3) is 16.6 Å². The Balaban J connectivity index is 1.60. The molecule has 0 saturated carbocycles. The van der Waals surface area contributed by atoms with Gasteiger partial charge in [-0.1, -0.05) is 23.8 Å². The molecule has 1 aliphatic rings. The van der Waals surface area contributed by atoms with Crippen LogP contribution in [0.15, 0.2) is 59.0 Å². The van der Waals surface area contributed by atoms with Gasteiger partial charge in [-0.25, -0.2) is 0 Å². The SMILES string of the molecule is CC(C(=O)NCCC1=CCCCC1)n1c(=O)c2cccn2c2ccccc21. The highest BCUT2D eigenvalue weighted by Crippen LogP contribution is 2.20. The summed E-state index contributed by atoms with van der Waals surface area (Å²) in [5.74, 6) is -0.116. The van der Waals surface area contributed by atoms with Crippen molar-refractivity contribution >= 4 is 22.5 Å². The Morgan fingerprint density at radius 1 is 1.11 bits per heavy atom. The monoisotopic (exact) mass is 363 g/mol. The van der Waals surface area contributed by atoms with E-state index in [4.69, 9.17) is 0 Å². The minimum Gasteiger partial charge on any atom is -0.354 e. The van der Waals surface area contributed by atoms with Crippen molar-refractivity contribution in [3.8, 4) is 0 Å². The molecular weight excluding hydrogens is 338 g/mol. The molecule has 3 aromatic rings. The summed E-state index contributed by atoms with van der Waals surface area (Å²) in [4.78, 5) is 25.8. The lowest BCUT2D eigenvalue weighted by molar-refractivity contribution is -0.123. The molecule has 1 aliphatic carbocycles. The van der Waals surface area contributed by atoms with Gasteiger partial charge in [-0.15, -0.1) is 0 Å². The molecule has 0 fully saturated rings. The van der Waals surface area contributed by atoms with E-state index in [9.17, 15) is 9.59 Å². The van der Waals surface area contributed by atoms with E-state index in [2.05, 4.69) is 11.4 Å². The maximum absolute atomic E-state index is 13.0. The number of allylic oxidation sites excluding steroid dienone is 1. The van der Waals surface area contributed by atoms with Gasteiger partial charge in [0.25, 0.3) is 5.56 Å². The Kier molecular flexibility index (Phi) is 4.84. The number of nitrogens with zero attached hydrogens (tertiary/aromatic N) is 2. The lowest BCUT2D eigenvalue weighted by Crippen LogP contribution is -2.37. The average Bonchev–Trinajstić information content (AvgIpc) is 3.19. The molecule has 1 N–H and O–H groups in total. The number of rotatable bonds is 5. The van der Waals surface area contributed by atoms with Crippen molar-refractivity contribution in [2.45, 2.75) is 45.1 Å². The van der Waals surface area contributed by atoms with Crippen molar-refractivity contribution < 1.29 is 4.79 Å². The van der Waals surface area contributed by atoms with Gasteiger partial charge in [-0.3, -0.25) is 14.2 Å². The van der Waals surface area contributed by atoms with E-state index in [-0.39, 0.29) is 11.5 Å². The number of fused-ring (bicyclic) bond motifs is 3. The molecular formula is C22H25N3O2. The van der Waals surface area contributed by atoms with E-state index >= 15 is 0 Å². The Morgan fingerprint density at radius 2 is 1.89 bits per heavy atom. The lowest BCUT2D eigenvalue weighted by Gasteiger charge is -2.19. The van der Waals surface area contributed by atoms with E-state index in [1.54, 1.807) is 17.6 Å². The Morgan fingerprint density at radius 3 is 2.67 bits per heavy atom.